The van der Waals surface area contributed by atoms with Crippen LogP contribution in [0.1, 0.15) is 17.5 Å². The van der Waals surface area contributed by atoms with Crippen molar-refractivity contribution in [3.63, 3.8) is 0 Å². The number of carboxylic acids is 1. The summed E-state index contributed by atoms with van der Waals surface area (Å²) in [5, 5.41) is 14.4. The van der Waals surface area contributed by atoms with Crippen LogP contribution < -0.4 is 11.1 Å². The number of aliphatic carboxylic acids is 1. The van der Waals surface area contributed by atoms with Gasteiger partial charge >= 0.3 is 5.97 Å². The molecule has 0 bridgehead atoms. The number of carbonyl (C=O) groups is 1. The third-order valence-corrected chi connectivity index (χ3v) is 2.88. The molecule has 7 heteroatoms. The molecule has 108 valence electrons. The first kappa shape index (κ1) is 14.3. The van der Waals surface area contributed by atoms with E-state index in [-0.39, 0.29) is 13.0 Å². The van der Waals surface area contributed by atoms with Crippen LogP contribution in [0.4, 0.5) is 0 Å². The Kier molecular flexibility index (Phi) is 4.91. The first-order chi connectivity index (χ1) is 9.66. The standard InChI is InChI=1S/C13H18N4O3/c1-17-13(14-15-16-17)11-4-2-3-10(9-11)5-7-20-8-6-12(18)19/h2-4,9,15-16H,5-8H2,1H3,(H,18,19). The second-order valence-corrected chi connectivity index (χ2v) is 4.42. The first-order valence-corrected chi connectivity index (χ1v) is 6.38. The Morgan fingerprint density at radius 3 is 3.00 bits per heavy atom. The lowest BCUT2D eigenvalue weighted by molar-refractivity contribution is -0.138. The van der Waals surface area contributed by atoms with E-state index in [4.69, 9.17) is 9.84 Å². The summed E-state index contributed by atoms with van der Waals surface area (Å²) in [7, 11) is 1.88. The van der Waals surface area contributed by atoms with E-state index in [1.54, 1.807) is 5.01 Å². The highest BCUT2D eigenvalue weighted by Crippen LogP contribution is 2.10. The Labute approximate surface area is 117 Å². The zero-order valence-corrected chi connectivity index (χ0v) is 11.3. The van der Waals surface area contributed by atoms with Crippen molar-refractivity contribution in [3.05, 3.63) is 35.4 Å². The van der Waals surface area contributed by atoms with Crippen LogP contribution in [-0.2, 0) is 16.0 Å². The molecule has 0 aliphatic carbocycles. The van der Waals surface area contributed by atoms with Gasteiger partial charge in [-0.05, 0) is 18.1 Å². The second-order valence-electron chi connectivity index (χ2n) is 4.42. The molecule has 0 saturated heterocycles. The molecule has 1 heterocycles. The molecule has 1 aromatic rings. The fourth-order valence-corrected chi connectivity index (χ4v) is 1.86. The van der Waals surface area contributed by atoms with Crippen molar-refractivity contribution < 1.29 is 14.6 Å². The van der Waals surface area contributed by atoms with E-state index < -0.39 is 5.97 Å². The lowest BCUT2D eigenvalue weighted by Crippen LogP contribution is -2.37. The summed E-state index contributed by atoms with van der Waals surface area (Å²) in [5.74, 6) is -0.0204. The van der Waals surface area contributed by atoms with Gasteiger partial charge in [0.15, 0.2) is 5.84 Å². The van der Waals surface area contributed by atoms with E-state index in [2.05, 4.69) is 16.2 Å². The zero-order chi connectivity index (χ0) is 14.4. The van der Waals surface area contributed by atoms with Crippen LogP contribution >= 0.6 is 0 Å². The van der Waals surface area contributed by atoms with Crippen molar-refractivity contribution in [1.29, 1.82) is 0 Å². The minimum atomic E-state index is -0.839. The summed E-state index contributed by atoms with van der Waals surface area (Å²) in [5.41, 5.74) is 7.68. The Morgan fingerprint density at radius 1 is 1.45 bits per heavy atom. The number of ether oxygens (including phenoxy) is 1. The number of hydrazone groups is 1. The second kappa shape index (κ2) is 6.88. The molecular weight excluding hydrogens is 260 g/mol. The molecule has 2 rings (SSSR count). The van der Waals surface area contributed by atoms with Crippen molar-refractivity contribution in [2.45, 2.75) is 12.8 Å². The van der Waals surface area contributed by atoms with Crippen molar-refractivity contribution in [2.75, 3.05) is 20.3 Å². The summed E-state index contributed by atoms with van der Waals surface area (Å²) in [6, 6.07) is 8.01. The summed E-state index contributed by atoms with van der Waals surface area (Å²) >= 11 is 0. The number of hydrogen-bond donors (Lipinski definition) is 3. The van der Waals surface area contributed by atoms with Crippen LogP contribution in [0.5, 0.6) is 0 Å². The molecule has 0 fully saturated rings. The van der Waals surface area contributed by atoms with Crippen LogP contribution in [-0.4, -0.2) is 42.2 Å². The van der Waals surface area contributed by atoms with E-state index in [0.717, 1.165) is 23.4 Å². The number of amidine groups is 1. The predicted octanol–water partition coefficient (Wildman–Crippen LogP) is 0.337. The Hall–Kier alpha value is -2.12. The highest BCUT2D eigenvalue weighted by atomic mass is 16.5. The Balaban J connectivity index is 1.85. The Bertz CT molecular complexity index is 504. The summed E-state index contributed by atoms with van der Waals surface area (Å²) < 4.78 is 5.29. The average Bonchev–Trinajstić information content (AvgIpc) is 2.85. The smallest absolute Gasteiger partial charge is 0.305 e. The topological polar surface area (TPSA) is 86.2 Å². The molecule has 3 N–H and O–H groups in total. The number of nitrogens with zero attached hydrogens (tertiary/aromatic N) is 2. The molecule has 0 unspecified atom stereocenters. The van der Waals surface area contributed by atoms with Gasteiger partial charge in [0.1, 0.15) is 0 Å². The Morgan fingerprint density at radius 2 is 2.30 bits per heavy atom. The zero-order valence-electron chi connectivity index (χ0n) is 11.3. The SMILES string of the molecule is CN1NNN=C1c1cccc(CCOCCC(=O)O)c1. The van der Waals surface area contributed by atoms with Gasteiger partial charge in [0, 0.05) is 12.6 Å². The molecule has 0 atom stereocenters. The van der Waals surface area contributed by atoms with Gasteiger partial charge in [-0.2, -0.15) is 0 Å². The normalized spacial score (nSPS) is 14.1. The van der Waals surface area contributed by atoms with Gasteiger partial charge in [0.2, 0.25) is 0 Å². The number of carboxylic acid groups (broad SMARTS) is 1. The molecule has 0 amide bonds. The van der Waals surface area contributed by atoms with Gasteiger partial charge in [-0.1, -0.05) is 18.2 Å². The number of hydrogen-bond acceptors (Lipinski definition) is 6. The molecule has 1 aliphatic heterocycles. The van der Waals surface area contributed by atoms with Gasteiger partial charge in [-0.3, -0.25) is 9.80 Å². The first-order valence-electron chi connectivity index (χ1n) is 6.38. The largest absolute Gasteiger partial charge is 0.481 e. The van der Waals surface area contributed by atoms with Crippen LogP contribution in [0, 0.1) is 0 Å². The molecule has 7 nitrogen and oxygen atoms in total. The van der Waals surface area contributed by atoms with Gasteiger partial charge < -0.3 is 9.84 Å². The molecule has 0 spiro atoms. The minimum absolute atomic E-state index is 0.0407. The summed E-state index contributed by atoms with van der Waals surface area (Å²) in [6.07, 6.45) is 0.782. The average molecular weight is 278 g/mol. The molecular formula is C13H18N4O3. The van der Waals surface area contributed by atoms with E-state index in [0.29, 0.717) is 6.61 Å². The van der Waals surface area contributed by atoms with Crippen LogP contribution in [0.25, 0.3) is 0 Å². The van der Waals surface area contributed by atoms with E-state index in [1.165, 1.54) is 0 Å². The lowest BCUT2D eigenvalue weighted by atomic mass is 10.1. The van der Waals surface area contributed by atoms with Crippen molar-refractivity contribution in [3.8, 4) is 0 Å². The third-order valence-electron chi connectivity index (χ3n) is 2.88. The number of rotatable bonds is 7. The van der Waals surface area contributed by atoms with E-state index >= 15 is 0 Å². The fraction of sp³-hybridized carbons (Fsp3) is 0.385. The molecule has 0 saturated carbocycles. The molecule has 1 aromatic carbocycles. The van der Waals surface area contributed by atoms with E-state index in [1.807, 2.05) is 31.3 Å². The quantitative estimate of drug-likeness (QED) is 0.623. The molecule has 0 aromatic heterocycles. The highest BCUT2D eigenvalue weighted by Gasteiger charge is 2.14. The van der Waals surface area contributed by atoms with Gasteiger partial charge in [-0.25, -0.2) is 5.53 Å². The number of benzene rings is 1. The molecule has 0 radical (unpaired) electrons. The fourth-order valence-electron chi connectivity index (χ4n) is 1.86. The van der Waals surface area contributed by atoms with Gasteiger partial charge in [0.05, 0.1) is 19.6 Å². The predicted molar refractivity (Wildman–Crippen MR) is 73.8 cm³/mol. The van der Waals surface area contributed by atoms with Crippen molar-refractivity contribution >= 4 is 11.8 Å². The molecule has 1 aliphatic rings. The van der Waals surface area contributed by atoms with Crippen molar-refractivity contribution in [2.24, 2.45) is 5.10 Å². The van der Waals surface area contributed by atoms with Crippen LogP contribution in [0.3, 0.4) is 0 Å². The van der Waals surface area contributed by atoms with Gasteiger partial charge in [-0.15, -0.1) is 10.6 Å². The van der Waals surface area contributed by atoms with Crippen molar-refractivity contribution in [1.82, 2.24) is 16.1 Å². The summed E-state index contributed by atoms with van der Waals surface area (Å²) in [6.45, 7) is 0.758. The third kappa shape index (κ3) is 3.94. The summed E-state index contributed by atoms with van der Waals surface area (Å²) in [4.78, 5) is 10.3. The maximum atomic E-state index is 10.3. The van der Waals surface area contributed by atoms with Crippen LogP contribution in [0.15, 0.2) is 29.4 Å². The minimum Gasteiger partial charge on any atom is -0.481 e. The van der Waals surface area contributed by atoms with Crippen LogP contribution in [0.2, 0.25) is 0 Å². The lowest BCUT2D eigenvalue weighted by Gasteiger charge is -2.13. The number of nitrogens with one attached hydrogen (secondary N) is 2. The maximum absolute atomic E-state index is 10.3. The highest BCUT2D eigenvalue weighted by molar-refractivity contribution is 5.98. The van der Waals surface area contributed by atoms with Gasteiger partial charge in [0.25, 0.3) is 0 Å². The molecule has 20 heavy (non-hydrogen) atoms. The monoisotopic (exact) mass is 278 g/mol. The van der Waals surface area contributed by atoms with E-state index in [9.17, 15) is 4.79 Å². The maximum Gasteiger partial charge on any atom is 0.305 e. The number of hydrazine groups is 2.